The van der Waals surface area contributed by atoms with Crippen molar-refractivity contribution < 1.29 is 29.3 Å². The van der Waals surface area contributed by atoms with E-state index in [9.17, 15) is 19.8 Å². The Morgan fingerprint density at radius 1 is 0.630 bits per heavy atom. The fraction of sp³-hybridized carbons (Fsp3) is 0.737. The number of amides is 2. The number of nitrogens with zero attached hydrogens (tertiary/aromatic N) is 4. The Labute approximate surface area is 318 Å². The summed E-state index contributed by atoms with van der Waals surface area (Å²) < 4.78 is 10.8. The van der Waals surface area contributed by atoms with E-state index >= 15 is 0 Å². The summed E-state index contributed by atoms with van der Waals surface area (Å²) in [5.41, 5.74) is 10.1. The lowest BCUT2D eigenvalue weighted by Crippen LogP contribution is -2.38. The Bertz CT molecular complexity index is 1430. The van der Waals surface area contributed by atoms with Crippen LogP contribution in [0.5, 0.6) is 0 Å². The minimum absolute atomic E-state index is 0.0479. The minimum Gasteiger partial charge on any atom is -0.390 e. The van der Waals surface area contributed by atoms with Crippen molar-refractivity contribution in [2.45, 2.75) is 164 Å². The molecule has 0 saturated heterocycles. The second-order valence-electron chi connectivity index (χ2n) is 16.2. The molecule has 10 N–H and O–H groups in total. The van der Waals surface area contributed by atoms with Gasteiger partial charge in [0, 0.05) is 50.8 Å². The number of primary amides is 2. The van der Waals surface area contributed by atoms with Crippen molar-refractivity contribution in [2.24, 2.45) is 11.5 Å². The summed E-state index contributed by atoms with van der Waals surface area (Å²) in [5, 5.41) is 34.0. The Morgan fingerprint density at radius 2 is 1.00 bits per heavy atom. The Hall–Kier alpha value is -3.86. The summed E-state index contributed by atoms with van der Waals surface area (Å²) in [6, 6.07) is 0.677. The highest BCUT2D eigenvalue weighted by Gasteiger charge is 2.32. The third-order valence-electron chi connectivity index (χ3n) is 11.4. The lowest BCUT2D eigenvalue weighted by Gasteiger charge is -2.34. The topological polar surface area (TPSA) is 245 Å². The number of carbonyl (C=O) groups excluding carboxylic acids is 2. The zero-order chi connectivity index (χ0) is 38.9. The quantitative estimate of drug-likeness (QED) is 0.152. The van der Waals surface area contributed by atoms with E-state index in [0.717, 1.165) is 89.9 Å². The van der Waals surface area contributed by atoms with E-state index in [-0.39, 0.29) is 23.2 Å². The summed E-state index contributed by atoms with van der Waals surface area (Å²) in [7, 11) is 3.51. The molecule has 4 aliphatic rings. The van der Waals surface area contributed by atoms with Gasteiger partial charge in [0.1, 0.15) is 11.6 Å². The van der Waals surface area contributed by atoms with Crippen molar-refractivity contribution in [1.29, 1.82) is 0 Å². The summed E-state index contributed by atoms with van der Waals surface area (Å²) in [5.74, 6) is 0.734. The molecule has 6 rings (SSSR count). The molecule has 16 heteroatoms. The van der Waals surface area contributed by atoms with Crippen LogP contribution in [-0.2, 0) is 9.47 Å². The van der Waals surface area contributed by atoms with Crippen LogP contribution in [0.4, 0.5) is 23.5 Å². The van der Waals surface area contributed by atoms with Crippen molar-refractivity contribution in [3.8, 4) is 0 Å². The van der Waals surface area contributed by atoms with Crippen LogP contribution in [0.25, 0.3) is 0 Å². The number of carbonyl (C=O) groups is 2. The maximum atomic E-state index is 11.8. The molecule has 2 aromatic rings. The fourth-order valence-electron chi connectivity index (χ4n) is 8.30. The van der Waals surface area contributed by atoms with Crippen LogP contribution < -0.4 is 32.7 Å². The highest BCUT2D eigenvalue weighted by Crippen LogP contribution is 2.32. The van der Waals surface area contributed by atoms with Crippen LogP contribution >= 0.6 is 0 Å². The smallest absolute Gasteiger partial charge is 0.254 e. The number of methoxy groups -OCH3 is 2. The summed E-state index contributed by atoms with van der Waals surface area (Å²) in [6.07, 6.45) is 18.1. The van der Waals surface area contributed by atoms with E-state index in [2.05, 4.69) is 41.2 Å². The maximum Gasteiger partial charge on any atom is 0.254 e. The molecule has 4 saturated carbocycles. The van der Waals surface area contributed by atoms with Gasteiger partial charge in [-0.25, -0.2) is 9.97 Å². The zero-order valence-corrected chi connectivity index (χ0v) is 32.4. The molecule has 4 fully saturated rings. The van der Waals surface area contributed by atoms with Crippen LogP contribution in [0.2, 0.25) is 0 Å². The molecule has 16 nitrogen and oxygen atoms in total. The van der Waals surface area contributed by atoms with Crippen molar-refractivity contribution in [3.63, 3.8) is 0 Å². The van der Waals surface area contributed by atoms with Crippen LogP contribution in [0.1, 0.15) is 137 Å². The summed E-state index contributed by atoms with van der Waals surface area (Å²) in [4.78, 5) is 41.1. The summed E-state index contributed by atoms with van der Waals surface area (Å²) in [6.45, 7) is 3.69. The molecular weight excluding hydrogens is 692 g/mol. The largest absolute Gasteiger partial charge is 0.390 e. The first-order valence-corrected chi connectivity index (χ1v) is 19.6. The second kappa shape index (κ2) is 18.7. The van der Waals surface area contributed by atoms with Crippen molar-refractivity contribution in [1.82, 2.24) is 19.9 Å². The number of hydrogen-bond donors (Lipinski definition) is 8. The van der Waals surface area contributed by atoms with Gasteiger partial charge in [-0.1, -0.05) is 0 Å². The average Bonchev–Trinajstić information content (AvgIpc) is 3.12. The molecule has 300 valence electrons. The molecule has 4 aliphatic carbocycles. The molecule has 54 heavy (non-hydrogen) atoms. The lowest BCUT2D eigenvalue weighted by atomic mass is 9.83. The molecule has 4 atom stereocenters. The number of aromatic nitrogens is 4. The normalized spacial score (nSPS) is 31.3. The second-order valence-corrected chi connectivity index (χ2v) is 16.2. The third kappa shape index (κ3) is 12.1. The number of hydrogen-bond acceptors (Lipinski definition) is 14. The van der Waals surface area contributed by atoms with Gasteiger partial charge in [-0.05, 0) is 117 Å². The molecule has 0 spiro atoms. The van der Waals surface area contributed by atoms with Gasteiger partial charge in [-0.2, -0.15) is 9.97 Å². The number of rotatable bonds is 12. The van der Waals surface area contributed by atoms with E-state index < -0.39 is 23.0 Å². The molecule has 0 aliphatic heterocycles. The number of anilines is 4. The van der Waals surface area contributed by atoms with Gasteiger partial charge in [0.05, 0.1) is 34.5 Å². The molecule has 0 bridgehead atoms. The van der Waals surface area contributed by atoms with E-state index in [4.69, 9.17) is 20.9 Å². The number of ether oxygens (including phenoxy) is 2. The van der Waals surface area contributed by atoms with Gasteiger partial charge in [0.15, 0.2) is 0 Å². The molecule has 2 heterocycles. The van der Waals surface area contributed by atoms with Gasteiger partial charge in [-0.15, -0.1) is 0 Å². The van der Waals surface area contributed by atoms with Crippen LogP contribution in [0.3, 0.4) is 0 Å². The monoisotopic (exact) mass is 754 g/mol. The fourth-order valence-corrected chi connectivity index (χ4v) is 8.30. The van der Waals surface area contributed by atoms with Crippen molar-refractivity contribution in [2.75, 3.05) is 35.5 Å². The van der Waals surface area contributed by atoms with Crippen LogP contribution in [0.15, 0.2) is 12.4 Å². The third-order valence-corrected chi connectivity index (χ3v) is 11.4. The number of nitrogens with one attached hydrogen (secondary N) is 4. The Morgan fingerprint density at radius 3 is 1.31 bits per heavy atom. The SMILES string of the molecule is COC1CCC(Nc2ncc(C(N)=O)c(N[C@@H]3CCC[C@@](C)(O)C3)n2)CC1.COC1CCC(Nc2ncc(C(N)=O)c(N[C@@H]3CCC[C@](C)(O)C3)n2)CC1. The first kappa shape index (κ1) is 41.3. The predicted octanol–water partition coefficient (Wildman–Crippen LogP) is 4.10. The van der Waals surface area contributed by atoms with Crippen LogP contribution in [-0.4, -0.2) is 104 Å². The molecule has 0 radical (unpaired) electrons. The average molecular weight is 755 g/mol. The molecular formula is C38H62N10O6. The number of nitrogens with two attached hydrogens (primary N) is 2. The van der Waals surface area contributed by atoms with E-state index in [1.54, 1.807) is 14.2 Å². The van der Waals surface area contributed by atoms with Crippen LogP contribution in [0, 0.1) is 0 Å². The predicted molar refractivity (Wildman–Crippen MR) is 207 cm³/mol. The van der Waals surface area contributed by atoms with E-state index in [1.165, 1.54) is 12.4 Å². The van der Waals surface area contributed by atoms with Crippen molar-refractivity contribution in [3.05, 3.63) is 23.5 Å². The number of aliphatic hydroxyl groups is 2. The van der Waals surface area contributed by atoms with Gasteiger partial charge in [-0.3, -0.25) is 9.59 Å². The standard InChI is InChI=1S/2C19H31N5O3/c2*1-19(26)9-3-4-13(10-19)22-17-15(16(20)25)11-21-18(24-17)23-12-5-7-14(27-2)8-6-12/h2*11-14,26H,3-10H2,1-2H3,(H2,20,25)(H2,21,22,23,24)/t12?,13-,14?,19+;12?,13-,14?,19-/m11/s1. The van der Waals surface area contributed by atoms with Gasteiger partial charge >= 0.3 is 0 Å². The first-order chi connectivity index (χ1) is 25.7. The highest BCUT2D eigenvalue weighted by molar-refractivity contribution is 5.98. The Balaban J connectivity index is 0.000000208. The van der Waals surface area contributed by atoms with Gasteiger partial charge in [0.2, 0.25) is 11.9 Å². The molecule has 2 aromatic heterocycles. The van der Waals surface area contributed by atoms with Gasteiger partial charge < -0.3 is 52.4 Å². The minimum atomic E-state index is -0.698. The first-order valence-electron chi connectivity index (χ1n) is 19.6. The summed E-state index contributed by atoms with van der Waals surface area (Å²) >= 11 is 0. The molecule has 0 aromatic carbocycles. The van der Waals surface area contributed by atoms with Crippen molar-refractivity contribution >= 4 is 35.3 Å². The van der Waals surface area contributed by atoms with E-state index in [1.807, 2.05) is 13.8 Å². The lowest BCUT2D eigenvalue weighted by molar-refractivity contribution is 0.0176. The zero-order valence-electron chi connectivity index (χ0n) is 32.4. The molecule has 2 amide bonds. The van der Waals surface area contributed by atoms with Gasteiger partial charge in [0.25, 0.3) is 11.8 Å². The van der Waals surface area contributed by atoms with E-state index in [0.29, 0.717) is 60.7 Å². The Kier molecular flexibility index (Phi) is 14.3. The molecule has 0 unspecified atom stereocenters. The highest BCUT2D eigenvalue weighted by atomic mass is 16.5. The maximum absolute atomic E-state index is 11.8.